The first-order valence-electron chi connectivity index (χ1n) is 9.77. The van der Waals surface area contributed by atoms with Crippen LogP contribution in [0.4, 0.5) is 0 Å². The minimum atomic E-state index is -2.51. The fourth-order valence-corrected chi connectivity index (χ4v) is 8.24. The maximum absolute atomic E-state index is 6.49. The van der Waals surface area contributed by atoms with Crippen LogP contribution in [0.15, 0.2) is 121 Å². The van der Waals surface area contributed by atoms with E-state index in [4.69, 9.17) is 33.2 Å². The summed E-state index contributed by atoms with van der Waals surface area (Å²) < 4.78 is 0. The van der Waals surface area contributed by atoms with E-state index in [0.29, 0.717) is 5.54 Å². The molecule has 30 heavy (non-hydrogen) atoms. The Kier molecular flexibility index (Phi) is 8.79. The van der Waals surface area contributed by atoms with Gasteiger partial charge in [-0.05, 0) is 21.5 Å². The first kappa shape index (κ1) is 22.9. The molecule has 4 rings (SSSR count). The molecular weight excluding hydrogens is 463 g/mol. The Bertz CT molecular complexity index is 914. The molecule has 0 bridgehead atoms. The van der Waals surface area contributed by atoms with Gasteiger partial charge in [-0.1, -0.05) is 121 Å². The van der Waals surface area contributed by atoms with Crippen LogP contribution in [-0.2, 0) is 0 Å². The lowest BCUT2D eigenvalue weighted by Crippen LogP contribution is -2.48. The second-order valence-corrected chi connectivity index (χ2v) is 15.2. The van der Waals surface area contributed by atoms with Crippen molar-refractivity contribution in [3.63, 3.8) is 0 Å². The summed E-state index contributed by atoms with van der Waals surface area (Å²) in [7, 11) is -0.596. The zero-order chi connectivity index (χ0) is 21.2. The third-order valence-corrected chi connectivity index (χ3v) is 11.7. The number of benzene rings is 4. The summed E-state index contributed by atoms with van der Waals surface area (Å²) in [6.07, 6.45) is 0. The van der Waals surface area contributed by atoms with Crippen LogP contribution in [-0.4, -0.2) is 15.5 Å². The smallest absolute Gasteiger partial charge is 0.175 e. The van der Waals surface area contributed by atoms with Crippen LogP contribution in [0.1, 0.15) is 16.7 Å². The minimum absolute atomic E-state index is 0.439. The van der Waals surface area contributed by atoms with Crippen LogP contribution in [0, 0.1) is 0 Å². The van der Waals surface area contributed by atoms with Crippen LogP contribution in [0.5, 0.6) is 0 Å². The van der Waals surface area contributed by atoms with Gasteiger partial charge in [0.1, 0.15) is 8.83 Å². The molecule has 4 aromatic carbocycles. The van der Waals surface area contributed by atoms with E-state index in [-0.39, 0.29) is 0 Å². The lowest BCUT2D eigenvalue weighted by Gasteiger charge is -2.17. The Balaban J connectivity index is 0.000000171. The predicted octanol–water partition coefficient (Wildman–Crippen LogP) is 5.82. The molecule has 0 radical (unpaired) electrons. The number of hydrogen-bond acceptors (Lipinski definition) is 0. The Labute approximate surface area is 196 Å². The maximum Gasteiger partial charge on any atom is 0.310 e. The molecule has 0 aliphatic carbocycles. The van der Waals surface area contributed by atoms with Crippen LogP contribution < -0.4 is 10.4 Å². The fourth-order valence-electron chi connectivity index (χ4n) is 3.20. The van der Waals surface area contributed by atoms with E-state index in [2.05, 4.69) is 48.5 Å². The molecule has 0 spiro atoms. The van der Waals surface area contributed by atoms with Gasteiger partial charge in [0.2, 0.25) is 0 Å². The van der Waals surface area contributed by atoms with Gasteiger partial charge in [-0.15, -0.1) is 22.2 Å². The summed E-state index contributed by atoms with van der Waals surface area (Å²) in [5.41, 5.74) is 3.12. The Morgan fingerprint density at radius 1 is 0.500 bits per heavy atom. The van der Waals surface area contributed by atoms with Crippen molar-refractivity contribution in [2.24, 2.45) is 0 Å². The monoisotopic (exact) mass is 484 g/mol. The van der Waals surface area contributed by atoms with Crippen molar-refractivity contribution in [1.82, 2.24) is 0 Å². The molecule has 0 heterocycles. The zero-order valence-electron chi connectivity index (χ0n) is 16.5. The predicted molar refractivity (Wildman–Crippen MR) is 139 cm³/mol. The van der Waals surface area contributed by atoms with E-state index < -0.39 is 15.5 Å². The first-order chi connectivity index (χ1) is 14.6. The molecule has 0 aromatic heterocycles. The molecular formula is C25H23Cl3Si2. The van der Waals surface area contributed by atoms with E-state index >= 15 is 0 Å². The second-order valence-electron chi connectivity index (χ2n) is 6.83. The fraction of sp³-hybridized carbons (Fsp3) is 0.0400. The molecule has 0 N–H and O–H groups in total. The summed E-state index contributed by atoms with van der Waals surface area (Å²) in [5.74, 6) is 0. The van der Waals surface area contributed by atoms with E-state index in [9.17, 15) is 0 Å². The van der Waals surface area contributed by atoms with E-state index in [1.165, 1.54) is 11.1 Å². The molecule has 0 unspecified atom stereocenters. The summed E-state index contributed by atoms with van der Waals surface area (Å²) >= 11 is 19.2. The number of rotatable bonds is 5. The van der Waals surface area contributed by atoms with E-state index in [0.717, 1.165) is 10.4 Å². The number of hydrogen-bond donors (Lipinski definition) is 0. The van der Waals surface area contributed by atoms with Crippen molar-refractivity contribution in [2.45, 2.75) is 5.54 Å². The van der Waals surface area contributed by atoms with Gasteiger partial charge >= 0.3 is 6.69 Å². The molecule has 0 aliphatic rings. The Morgan fingerprint density at radius 2 is 0.800 bits per heavy atom. The molecule has 152 valence electrons. The third-order valence-electron chi connectivity index (χ3n) is 4.83. The highest BCUT2D eigenvalue weighted by Crippen LogP contribution is 2.23. The molecule has 0 atom stereocenters. The van der Waals surface area contributed by atoms with Crippen LogP contribution in [0.25, 0.3) is 0 Å². The van der Waals surface area contributed by atoms with E-state index in [1.807, 2.05) is 72.8 Å². The molecule has 5 heteroatoms. The summed E-state index contributed by atoms with van der Waals surface area (Å²) in [4.78, 5) is 0. The van der Waals surface area contributed by atoms with Gasteiger partial charge in [0.05, 0.1) is 0 Å². The average Bonchev–Trinajstić information content (AvgIpc) is 2.83. The SMILES string of the molecule is Cl[SiH2]C(c1ccccc1)c1ccccc1.Cl[Si](Cl)(c1ccccc1)c1ccccc1. The largest absolute Gasteiger partial charge is 0.310 e. The number of halogens is 3. The Hall–Kier alpha value is -1.82. The van der Waals surface area contributed by atoms with Gasteiger partial charge in [-0.2, -0.15) is 11.1 Å². The second kappa shape index (κ2) is 11.5. The van der Waals surface area contributed by atoms with Gasteiger partial charge in [0.15, 0.2) is 0 Å². The molecule has 0 saturated heterocycles. The van der Waals surface area contributed by atoms with Crippen molar-refractivity contribution >= 4 is 59.1 Å². The first-order valence-corrected chi connectivity index (χ1v) is 16.8. The van der Waals surface area contributed by atoms with Gasteiger partial charge in [-0.3, -0.25) is 0 Å². The van der Waals surface area contributed by atoms with Crippen molar-refractivity contribution in [2.75, 3.05) is 0 Å². The topological polar surface area (TPSA) is 0 Å². The molecule has 4 aromatic rings. The van der Waals surface area contributed by atoms with Crippen molar-refractivity contribution in [3.05, 3.63) is 132 Å². The van der Waals surface area contributed by atoms with Gasteiger partial charge < -0.3 is 0 Å². The highest BCUT2D eigenvalue weighted by Gasteiger charge is 2.32. The molecule has 0 nitrogen and oxygen atoms in total. The quantitative estimate of drug-likeness (QED) is 0.247. The highest BCUT2D eigenvalue weighted by atomic mass is 35.7. The molecule has 0 fully saturated rings. The molecule has 0 amide bonds. The summed E-state index contributed by atoms with van der Waals surface area (Å²) in [6, 6.07) is 40.8. The summed E-state index contributed by atoms with van der Waals surface area (Å²) in [5, 5.41) is 2.05. The maximum atomic E-state index is 6.49. The van der Waals surface area contributed by atoms with Crippen molar-refractivity contribution in [3.8, 4) is 0 Å². The Morgan fingerprint density at radius 3 is 1.10 bits per heavy atom. The van der Waals surface area contributed by atoms with Gasteiger partial charge in [0, 0.05) is 5.54 Å². The van der Waals surface area contributed by atoms with Crippen molar-refractivity contribution in [1.29, 1.82) is 0 Å². The molecule has 0 aliphatic heterocycles. The highest BCUT2D eigenvalue weighted by molar-refractivity contribution is 7.56. The third kappa shape index (κ3) is 6.10. The zero-order valence-corrected chi connectivity index (χ0v) is 21.1. The lowest BCUT2D eigenvalue weighted by molar-refractivity contribution is 1.13. The standard InChI is InChI=1S/C13H13ClSi.C12H10Cl2Si/c14-15-13(11-7-3-1-4-8-11)12-9-5-2-6-10-12;13-15(14,11-7-3-1-4-8-11)12-9-5-2-6-10-12/h1-10,13H,15H2;1-10H. The van der Waals surface area contributed by atoms with Crippen molar-refractivity contribution < 1.29 is 0 Å². The van der Waals surface area contributed by atoms with Crippen LogP contribution >= 0.6 is 33.2 Å². The lowest BCUT2D eigenvalue weighted by atomic mass is 10.0. The van der Waals surface area contributed by atoms with Crippen LogP contribution in [0.3, 0.4) is 0 Å². The summed E-state index contributed by atoms with van der Waals surface area (Å²) in [6.45, 7) is -2.51. The normalized spacial score (nSPS) is 11.3. The average molecular weight is 486 g/mol. The van der Waals surface area contributed by atoms with E-state index in [1.54, 1.807) is 0 Å². The van der Waals surface area contributed by atoms with Crippen LogP contribution in [0.2, 0.25) is 0 Å². The van der Waals surface area contributed by atoms with Gasteiger partial charge in [-0.25, -0.2) is 0 Å². The minimum Gasteiger partial charge on any atom is -0.175 e. The van der Waals surface area contributed by atoms with Gasteiger partial charge in [0.25, 0.3) is 0 Å². The molecule has 0 saturated carbocycles.